The number of para-hydroxylation sites is 1. The minimum Gasteiger partial charge on any atom is -0.746 e. The minimum absolute atomic E-state index is 0.108. The van der Waals surface area contributed by atoms with Crippen LogP contribution in [0.25, 0.3) is 0 Å². The summed E-state index contributed by atoms with van der Waals surface area (Å²) in [5.41, 5.74) is 0. The third-order valence-corrected chi connectivity index (χ3v) is 3.13. The number of quaternary nitrogens is 1. The molecule has 7 nitrogen and oxygen atoms in total. The summed E-state index contributed by atoms with van der Waals surface area (Å²) in [6.45, 7) is 1.70. The van der Waals surface area contributed by atoms with E-state index in [1.807, 2.05) is 21.1 Å². The van der Waals surface area contributed by atoms with E-state index in [0.717, 1.165) is 0 Å². The number of rotatable bonds is 7. The quantitative estimate of drug-likeness (QED) is 0.586. The lowest BCUT2D eigenvalue weighted by molar-refractivity contribution is -0.870. The standard InChI is InChI=1S/C11H18NO4P.C3H6O2/c1-12(2,3)9-10-15-17(13,14)16-11-7-5-4-6-8-11;1-3(5)2-4/h4-8H,9-10H2,1-3H3;4H,2H2,1H3. The topological polar surface area (TPSA) is 95.9 Å². The van der Waals surface area contributed by atoms with Gasteiger partial charge in [0.15, 0.2) is 5.78 Å². The van der Waals surface area contributed by atoms with E-state index < -0.39 is 7.82 Å². The Labute approximate surface area is 131 Å². The highest BCUT2D eigenvalue weighted by molar-refractivity contribution is 7.46. The second-order valence-electron chi connectivity index (χ2n) is 5.56. The summed E-state index contributed by atoms with van der Waals surface area (Å²) in [5.74, 6) is 0.0704. The van der Waals surface area contributed by atoms with E-state index in [4.69, 9.17) is 14.2 Å². The maximum absolute atomic E-state index is 11.5. The molecule has 0 aliphatic heterocycles. The molecular weight excluding hydrogens is 309 g/mol. The van der Waals surface area contributed by atoms with Crippen molar-refractivity contribution in [3.63, 3.8) is 0 Å². The van der Waals surface area contributed by atoms with Gasteiger partial charge in [-0.3, -0.25) is 9.36 Å². The van der Waals surface area contributed by atoms with Gasteiger partial charge in [-0.05, 0) is 19.1 Å². The molecular formula is C14H24NO6P. The summed E-state index contributed by atoms with van der Waals surface area (Å²) < 4.78 is 21.7. The molecule has 0 aliphatic carbocycles. The molecule has 1 unspecified atom stereocenters. The fourth-order valence-electron chi connectivity index (χ4n) is 1.06. The van der Waals surface area contributed by atoms with Crippen LogP contribution in [-0.4, -0.2) is 56.3 Å². The maximum atomic E-state index is 11.5. The number of carbonyl (C=O) groups excluding carboxylic acids is 1. The normalized spacial score (nSPS) is 13.5. The number of Topliss-reactive ketones (excluding diaryl/α,β-unsaturated/α-hetero) is 1. The molecule has 0 spiro atoms. The van der Waals surface area contributed by atoms with Gasteiger partial charge in [-0.1, -0.05) is 18.2 Å². The number of aliphatic hydroxyl groups excluding tert-OH is 1. The monoisotopic (exact) mass is 333 g/mol. The van der Waals surface area contributed by atoms with Crippen LogP contribution in [0.3, 0.4) is 0 Å². The SMILES string of the molecule is CC(=O)CO.C[N+](C)(C)CCOP(=O)([O-])Oc1ccccc1. The third-order valence-electron chi connectivity index (χ3n) is 2.19. The van der Waals surface area contributed by atoms with Crippen LogP contribution < -0.4 is 9.42 Å². The van der Waals surface area contributed by atoms with Crippen molar-refractivity contribution in [1.82, 2.24) is 0 Å². The molecule has 22 heavy (non-hydrogen) atoms. The Balaban J connectivity index is 0.000000763. The van der Waals surface area contributed by atoms with Crippen LogP contribution >= 0.6 is 7.82 Å². The molecule has 1 aromatic rings. The Morgan fingerprint density at radius 1 is 1.27 bits per heavy atom. The summed E-state index contributed by atoms with van der Waals surface area (Å²) in [4.78, 5) is 21.0. The second-order valence-corrected chi connectivity index (χ2v) is 6.89. The van der Waals surface area contributed by atoms with Gasteiger partial charge < -0.3 is 23.5 Å². The number of phosphoric acid groups is 1. The van der Waals surface area contributed by atoms with E-state index in [9.17, 15) is 14.3 Å². The highest BCUT2D eigenvalue weighted by atomic mass is 31.2. The van der Waals surface area contributed by atoms with Crippen LogP contribution in [-0.2, 0) is 13.9 Å². The molecule has 1 aromatic carbocycles. The first-order chi connectivity index (χ1) is 10.1. The van der Waals surface area contributed by atoms with E-state index in [2.05, 4.69) is 0 Å². The van der Waals surface area contributed by atoms with Crippen molar-refractivity contribution in [2.45, 2.75) is 6.92 Å². The van der Waals surface area contributed by atoms with Gasteiger partial charge in [-0.15, -0.1) is 0 Å². The number of likely N-dealkylation sites (N-methyl/N-ethyl adjacent to an activating group) is 1. The number of ketones is 1. The second kappa shape index (κ2) is 9.71. The first-order valence-electron chi connectivity index (χ1n) is 6.67. The zero-order valence-corrected chi connectivity index (χ0v) is 14.3. The van der Waals surface area contributed by atoms with Crippen molar-refractivity contribution in [1.29, 1.82) is 0 Å². The van der Waals surface area contributed by atoms with Crippen LogP contribution in [0.5, 0.6) is 5.75 Å². The van der Waals surface area contributed by atoms with Gasteiger partial charge in [0.05, 0.1) is 21.1 Å². The molecule has 126 valence electrons. The predicted molar refractivity (Wildman–Crippen MR) is 81.3 cm³/mol. The van der Waals surface area contributed by atoms with E-state index >= 15 is 0 Å². The number of nitrogens with zero attached hydrogens (tertiary/aromatic N) is 1. The average molecular weight is 333 g/mol. The van der Waals surface area contributed by atoms with E-state index in [0.29, 0.717) is 11.0 Å². The minimum atomic E-state index is -4.26. The lowest BCUT2D eigenvalue weighted by atomic mass is 10.3. The fraction of sp³-hybridized carbons (Fsp3) is 0.500. The summed E-state index contributed by atoms with van der Waals surface area (Å²) in [6, 6.07) is 8.30. The predicted octanol–water partition coefficient (Wildman–Crippen LogP) is 0.824. The molecule has 0 aromatic heterocycles. The van der Waals surface area contributed by atoms with Gasteiger partial charge in [0, 0.05) is 0 Å². The Morgan fingerprint density at radius 2 is 1.77 bits per heavy atom. The largest absolute Gasteiger partial charge is 0.746 e. The van der Waals surface area contributed by atoms with E-state index in [-0.39, 0.29) is 24.7 Å². The number of hydrogen-bond acceptors (Lipinski definition) is 6. The molecule has 1 atom stereocenters. The molecule has 8 heteroatoms. The molecule has 0 aliphatic rings. The van der Waals surface area contributed by atoms with Gasteiger partial charge in [0.1, 0.15) is 25.5 Å². The summed E-state index contributed by atoms with van der Waals surface area (Å²) >= 11 is 0. The van der Waals surface area contributed by atoms with Gasteiger partial charge in [0.2, 0.25) is 0 Å². The van der Waals surface area contributed by atoms with Gasteiger partial charge in [-0.2, -0.15) is 0 Å². The summed E-state index contributed by atoms with van der Waals surface area (Å²) in [5, 5.41) is 7.79. The van der Waals surface area contributed by atoms with Crippen molar-refractivity contribution in [2.24, 2.45) is 0 Å². The molecule has 0 radical (unpaired) electrons. The highest BCUT2D eigenvalue weighted by Gasteiger charge is 2.14. The van der Waals surface area contributed by atoms with Crippen LogP contribution in [0.2, 0.25) is 0 Å². The zero-order chi connectivity index (χ0) is 17.2. The lowest BCUT2D eigenvalue weighted by Gasteiger charge is -2.27. The number of hydrogen-bond donors (Lipinski definition) is 1. The molecule has 0 amide bonds. The molecule has 0 fully saturated rings. The Morgan fingerprint density at radius 3 is 2.18 bits per heavy atom. The fourth-order valence-corrected chi connectivity index (χ4v) is 1.80. The molecule has 0 heterocycles. The first-order valence-corrected chi connectivity index (χ1v) is 8.13. The molecule has 1 rings (SSSR count). The van der Waals surface area contributed by atoms with Crippen molar-refractivity contribution < 1.29 is 32.9 Å². The average Bonchev–Trinajstić information content (AvgIpc) is 2.38. The highest BCUT2D eigenvalue weighted by Crippen LogP contribution is 2.39. The lowest BCUT2D eigenvalue weighted by Crippen LogP contribution is -2.37. The molecule has 1 N–H and O–H groups in total. The summed E-state index contributed by atoms with van der Waals surface area (Å²) in [7, 11) is 1.61. The van der Waals surface area contributed by atoms with Crippen LogP contribution in [0.4, 0.5) is 0 Å². The van der Waals surface area contributed by atoms with Gasteiger partial charge >= 0.3 is 7.82 Å². The number of carbonyl (C=O) groups is 1. The van der Waals surface area contributed by atoms with Crippen molar-refractivity contribution >= 4 is 13.6 Å². The first kappa shape index (κ1) is 20.8. The van der Waals surface area contributed by atoms with Crippen LogP contribution in [0.1, 0.15) is 6.92 Å². The maximum Gasteiger partial charge on any atom is 0.319 e. The molecule has 0 saturated carbocycles. The smallest absolute Gasteiger partial charge is 0.319 e. The number of benzene rings is 1. The number of phosphoric ester groups is 1. The third kappa shape index (κ3) is 12.5. The van der Waals surface area contributed by atoms with Crippen molar-refractivity contribution in [3.8, 4) is 5.75 Å². The zero-order valence-electron chi connectivity index (χ0n) is 13.4. The van der Waals surface area contributed by atoms with E-state index in [1.54, 1.807) is 30.3 Å². The Bertz CT molecular complexity index is 486. The van der Waals surface area contributed by atoms with Crippen LogP contribution in [0.15, 0.2) is 30.3 Å². The molecule has 0 bridgehead atoms. The molecule has 0 saturated heterocycles. The van der Waals surface area contributed by atoms with Crippen molar-refractivity contribution in [2.75, 3.05) is 40.9 Å². The van der Waals surface area contributed by atoms with Crippen molar-refractivity contribution in [3.05, 3.63) is 30.3 Å². The summed E-state index contributed by atoms with van der Waals surface area (Å²) in [6.07, 6.45) is 0. The van der Waals surface area contributed by atoms with E-state index in [1.165, 1.54) is 6.92 Å². The Hall–Kier alpha value is -1.24. The van der Waals surface area contributed by atoms with Gasteiger partial charge in [-0.25, -0.2) is 0 Å². The van der Waals surface area contributed by atoms with Gasteiger partial charge in [0.25, 0.3) is 0 Å². The Kier molecular flexibility index (Phi) is 9.16. The number of aliphatic hydroxyl groups is 1. The van der Waals surface area contributed by atoms with Crippen LogP contribution in [0, 0.1) is 0 Å².